The molecule has 3 rings (SSSR count). The van der Waals surface area contributed by atoms with Gasteiger partial charge in [-0.3, -0.25) is 0 Å². The lowest BCUT2D eigenvalue weighted by Gasteiger charge is -2.42. The fraction of sp³-hybridized carbons (Fsp3) is 0.625. The molecule has 2 fully saturated rings. The molecule has 1 aromatic rings. The van der Waals surface area contributed by atoms with Gasteiger partial charge < -0.3 is 0 Å². The molecule has 0 spiro atoms. The summed E-state index contributed by atoms with van der Waals surface area (Å²) in [5, 5.41) is 0. The Morgan fingerprint density at radius 1 is 1.19 bits per heavy atom. The quantitative estimate of drug-likeness (QED) is 0.874. The predicted molar refractivity (Wildman–Crippen MR) is 87.5 cm³/mol. The molecule has 0 unspecified atom stereocenters. The first-order valence-electron chi connectivity index (χ1n) is 7.43. The van der Waals surface area contributed by atoms with Crippen molar-refractivity contribution in [3.8, 4) is 0 Å². The highest BCUT2D eigenvalue weighted by Crippen LogP contribution is 2.62. The van der Waals surface area contributed by atoms with Crippen LogP contribution >= 0.6 is 15.9 Å². The van der Waals surface area contributed by atoms with Crippen molar-refractivity contribution in [1.29, 1.82) is 0 Å². The summed E-state index contributed by atoms with van der Waals surface area (Å²) in [6.07, 6.45) is 3.47. The molecule has 116 valence electrons. The van der Waals surface area contributed by atoms with Gasteiger partial charge in [-0.05, 0) is 60.3 Å². The Balaban J connectivity index is 1.91. The van der Waals surface area contributed by atoms with E-state index in [9.17, 15) is 8.42 Å². The third-order valence-corrected chi connectivity index (χ3v) is 7.63. The smallest absolute Gasteiger partial charge is 0.207 e. The third-order valence-electron chi connectivity index (χ3n) is 5.67. The highest BCUT2D eigenvalue weighted by molar-refractivity contribution is 9.10. The summed E-state index contributed by atoms with van der Waals surface area (Å²) in [6.45, 7) is 6.64. The van der Waals surface area contributed by atoms with E-state index in [0.29, 0.717) is 10.8 Å². The number of fused-ring (bicyclic) bond motifs is 2. The predicted octanol–water partition coefficient (Wildman–Crippen LogP) is 3.94. The highest BCUT2D eigenvalue weighted by Gasteiger charge is 2.60. The second kappa shape index (κ2) is 4.80. The monoisotopic (exact) mass is 371 g/mol. The standard InChI is InChI=1S/C16H22BrNO2S/c1-15(2)11-8-9-16(3,10-11)14(15)18-21(19,20)13-6-4-12(17)5-7-13/h4-7,11,14,18H,8-10H2,1-3H3/t11-,14-,16+/m0/s1. The molecule has 5 heteroatoms. The zero-order valence-electron chi connectivity index (χ0n) is 12.7. The number of rotatable bonds is 3. The van der Waals surface area contributed by atoms with Gasteiger partial charge in [-0.2, -0.15) is 0 Å². The third kappa shape index (κ3) is 2.47. The summed E-state index contributed by atoms with van der Waals surface area (Å²) in [5.74, 6) is 0.625. The summed E-state index contributed by atoms with van der Waals surface area (Å²) in [4.78, 5) is 0.341. The second-order valence-electron chi connectivity index (χ2n) is 7.42. The lowest BCUT2D eigenvalue weighted by molar-refractivity contribution is 0.127. The van der Waals surface area contributed by atoms with Crippen LogP contribution in [0.1, 0.15) is 40.0 Å². The van der Waals surface area contributed by atoms with E-state index in [1.165, 1.54) is 6.42 Å². The van der Waals surface area contributed by atoms with Gasteiger partial charge in [0.25, 0.3) is 0 Å². The number of sulfonamides is 1. The molecular weight excluding hydrogens is 350 g/mol. The first kappa shape index (κ1) is 15.5. The van der Waals surface area contributed by atoms with Crippen LogP contribution in [0.5, 0.6) is 0 Å². The Kier molecular flexibility index (Phi) is 3.54. The Hall–Kier alpha value is -0.390. The van der Waals surface area contributed by atoms with Crippen molar-refractivity contribution >= 4 is 26.0 Å². The van der Waals surface area contributed by atoms with Crippen LogP contribution in [-0.4, -0.2) is 14.5 Å². The van der Waals surface area contributed by atoms with Gasteiger partial charge in [0.15, 0.2) is 0 Å². The van der Waals surface area contributed by atoms with E-state index < -0.39 is 10.0 Å². The van der Waals surface area contributed by atoms with Gasteiger partial charge >= 0.3 is 0 Å². The summed E-state index contributed by atoms with van der Waals surface area (Å²) in [6, 6.07) is 6.84. The van der Waals surface area contributed by atoms with E-state index in [2.05, 4.69) is 41.4 Å². The van der Waals surface area contributed by atoms with Crippen molar-refractivity contribution in [1.82, 2.24) is 4.72 Å². The average Bonchev–Trinajstić information content (AvgIpc) is 2.87. The SMILES string of the molecule is CC1(C)[C@H]2CC[C@](C)(C2)[C@H]1NS(=O)(=O)c1ccc(Br)cc1. The maximum atomic E-state index is 12.7. The molecule has 2 aliphatic carbocycles. The molecule has 0 radical (unpaired) electrons. The van der Waals surface area contributed by atoms with Gasteiger partial charge in [0.05, 0.1) is 4.90 Å². The largest absolute Gasteiger partial charge is 0.240 e. The first-order valence-corrected chi connectivity index (χ1v) is 9.71. The molecule has 1 aromatic carbocycles. The minimum atomic E-state index is -3.46. The van der Waals surface area contributed by atoms with Gasteiger partial charge in [0.2, 0.25) is 10.0 Å². The molecule has 3 atom stereocenters. The van der Waals surface area contributed by atoms with E-state index in [1.54, 1.807) is 24.3 Å². The van der Waals surface area contributed by atoms with Gasteiger partial charge in [-0.1, -0.05) is 36.7 Å². The van der Waals surface area contributed by atoms with Gasteiger partial charge in [0, 0.05) is 10.5 Å². The van der Waals surface area contributed by atoms with Crippen LogP contribution in [0.2, 0.25) is 0 Å². The molecule has 0 aromatic heterocycles. The number of hydrogen-bond donors (Lipinski definition) is 1. The summed E-state index contributed by atoms with van der Waals surface area (Å²) < 4.78 is 29.3. The molecule has 0 amide bonds. The van der Waals surface area contributed by atoms with Crippen LogP contribution < -0.4 is 4.72 Å². The van der Waals surface area contributed by atoms with Crippen LogP contribution in [0.3, 0.4) is 0 Å². The van der Waals surface area contributed by atoms with Gasteiger partial charge in [0.1, 0.15) is 0 Å². The van der Waals surface area contributed by atoms with Crippen molar-refractivity contribution in [2.75, 3.05) is 0 Å². The Labute approximate surface area is 135 Å². The number of nitrogens with one attached hydrogen (secondary N) is 1. The highest BCUT2D eigenvalue weighted by atomic mass is 79.9. The summed E-state index contributed by atoms with van der Waals surface area (Å²) >= 11 is 3.34. The fourth-order valence-corrected chi connectivity index (χ4v) is 6.23. The van der Waals surface area contributed by atoms with E-state index in [0.717, 1.165) is 17.3 Å². The lowest BCUT2D eigenvalue weighted by Crippen LogP contribution is -2.52. The van der Waals surface area contributed by atoms with Crippen molar-refractivity contribution in [3.63, 3.8) is 0 Å². The van der Waals surface area contributed by atoms with Crippen molar-refractivity contribution in [3.05, 3.63) is 28.7 Å². The van der Waals surface area contributed by atoms with Crippen LogP contribution in [0.4, 0.5) is 0 Å². The summed E-state index contributed by atoms with van der Waals surface area (Å²) in [5.41, 5.74) is 0.117. The molecule has 3 nitrogen and oxygen atoms in total. The number of benzene rings is 1. The number of hydrogen-bond acceptors (Lipinski definition) is 2. The van der Waals surface area contributed by atoms with Crippen LogP contribution in [0.25, 0.3) is 0 Å². The maximum absolute atomic E-state index is 12.7. The molecule has 0 heterocycles. The topological polar surface area (TPSA) is 46.2 Å². The molecule has 2 aliphatic rings. The van der Waals surface area contributed by atoms with Crippen molar-refractivity contribution in [2.45, 2.75) is 51.0 Å². The van der Waals surface area contributed by atoms with Crippen LogP contribution in [0.15, 0.2) is 33.6 Å². The van der Waals surface area contributed by atoms with Crippen LogP contribution in [0, 0.1) is 16.7 Å². The molecule has 0 aliphatic heterocycles. The molecule has 0 saturated heterocycles. The minimum Gasteiger partial charge on any atom is -0.207 e. The first-order chi connectivity index (χ1) is 9.65. The van der Waals surface area contributed by atoms with E-state index in [1.807, 2.05) is 0 Å². The van der Waals surface area contributed by atoms with E-state index in [4.69, 9.17) is 0 Å². The number of halogens is 1. The van der Waals surface area contributed by atoms with Crippen molar-refractivity contribution < 1.29 is 8.42 Å². The molecule has 21 heavy (non-hydrogen) atoms. The Bertz CT molecular complexity index is 649. The average molecular weight is 372 g/mol. The Morgan fingerprint density at radius 2 is 1.81 bits per heavy atom. The van der Waals surface area contributed by atoms with E-state index >= 15 is 0 Å². The Morgan fingerprint density at radius 3 is 2.33 bits per heavy atom. The second-order valence-corrected chi connectivity index (χ2v) is 10.1. The van der Waals surface area contributed by atoms with E-state index in [-0.39, 0.29) is 16.9 Å². The summed E-state index contributed by atoms with van der Waals surface area (Å²) in [7, 11) is -3.46. The zero-order chi connectivity index (χ0) is 15.5. The molecule has 2 saturated carbocycles. The zero-order valence-corrected chi connectivity index (χ0v) is 15.1. The van der Waals surface area contributed by atoms with Gasteiger partial charge in [-0.15, -0.1) is 0 Å². The molecule has 1 N–H and O–H groups in total. The normalized spacial score (nSPS) is 34.3. The van der Waals surface area contributed by atoms with Gasteiger partial charge in [-0.25, -0.2) is 13.1 Å². The molecular formula is C16H22BrNO2S. The van der Waals surface area contributed by atoms with Crippen LogP contribution in [-0.2, 0) is 10.0 Å². The van der Waals surface area contributed by atoms with Crippen molar-refractivity contribution in [2.24, 2.45) is 16.7 Å². The lowest BCUT2D eigenvalue weighted by atomic mass is 9.69. The fourth-order valence-electron chi connectivity index (χ4n) is 4.43. The molecule has 2 bridgehead atoms. The maximum Gasteiger partial charge on any atom is 0.240 e. The minimum absolute atomic E-state index is 0.0115.